The molecule has 2 N–H and O–H groups in total. The summed E-state index contributed by atoms with van der Waals surface area (Å²) in [5.74, 6) is -0.845. The third kappa shape index (κ3) is 2.84. The summed E-state index contributed by atoms with van der Waals surface area (Å²) in [7, 11) is 0. The van der Waals surface area contributed by atoms with Crippen molar-refractivity contribution in [2.45, 2.75) is 6.92 Å². The lowest BCUT2D eigenvalue weighted by atomic mass is 10.1. The highest BCUT2D eigenvalue weighted by atomic mass is 16.6. The number of hydrogen-bond donors (Lipinski definition) is 2. The van der Waals surface area contributed by atoms with E-state index in [9.17, 15) is 20.0 Å². The quantitative estimate of drug-likeness (QED) is 0.429. The van der Waals surface area contributed by atoms with Gasteiger partial charge in [0.25, 0.3) is 11.6 Å². The number of fused-ring (bicyclic) bond motifs is 1. The third-order valence-electron chi connectivity index (χ3n) is 3.47. The van der Waals surface area contributed by atoms with Gasteiger partial charge in [0.2, 0.25) is 5.88 Å². The lowest BCUT2D eigenvalue weighted by molar-refractivity contribution is -0.384. The number of azo groups is 1. The summed E-state index contributed by atoms with van der Waals surface area (Å²) in [6.07, 6.45) is 0. The van der Waals surface area contributed by atoms with Crippen LogP contribution in [0.3, 0.4) is 0 Å². The first-order valence-corrected chi connectivity index (χ1v) is 6.97. The van der Waals surface area contributed by atoms with Crippen molar-refractivity contribution in [3.8, 4) is 5.88 Å². The SMILES string of the molecule is Cc1ccc2[nH]c(O)c(N=NC(=O)c3ccc([N+](=O)[O-])cc3)c2c1. The molecule has 0 saturated carbocycles. The van der Waals surface area contributed by atoms with E-state index in [1.54, 1.807) is 6.07 Å². The lowest BCUT2D eigenvalue weighted by Gasteiger charge is -1.96. The minimum Gasteiger partial charge on any atom is -0.493 e. The Morgan fingerprint density at radius 3 is 2.58 bits per heavy atom. The molecule has 0 aliphatic rings. The first-order chi connectivity index (χ1) is 11.5. The van der Waals surface area contributed by atoms with E-state index in [0.29, 0.717) is 10.9 Å². The predicted molar refractivity (Wildman–Crippen MR) is 86.6 cm³/mol. The second-order valence-electron chi connectivity index (χ2n) is 5.18. The Balaban J connectivity index is 1.90. The maximum absolute atomic E-state index is 12.0. The zero-order valence-electron chi connectivity index (χ0n) is 12.6. The van der Waals surface area contributed by atoms with E-state index in [0.717, 1.165) is 5.56 Å². The molecule has 0 aliphatic carbocycles. The molecule has 120 valence electrons. The average Bonchev–Trinajstić information content (AvgIpc) is 2.87. The lowest BCUT2D eigenvalue weighted by Crippen LogP contribution is -1.94. The van der Waals surface area contributed by atoms with Crippen LogP contribution in [0.1, 0.15) is 15.9 Å². The van der Waals surface area contributed by atoms with Gasteiger partial charge in [-0.05, 0) is 31.2 Å². The number of carbonyl (C=O) groups is 1. The smallest absolute Gasteiger partial charge is 0.295 e. The zero-order valence-corrected chi connectivity index (χ0v) is 12.6. The Morgan fingerprint density at radius 2 is 1.92 bits per heavy atom. The fourth-order valence-corrected chi connectivity index (χ4v) is 2.26. The average molecular weight is 324 g/mol. The summed E-state index contributed by atoms with van der Waals surface area (Å²) in [5, 5.41) is 28.6. The molecule has 0 atom stereocenters. The molecule has 3 aromatic rings. The number of amides is 1. The first kappa shape index (κ1) is 15.3. The van der Waals surface area contributed by atoms with Crippen molar-refractivity contribution in [1.82, 2.24) is 4.98 Å². The second-order valence-corrected chi connectivity index (χ2v) is 5.18. The van der Waals surface area contributed by atoms with Gasteiger partial charge in [0.05, 0.1) is 10.4 Å². The number of non-ortho nitro benzene ring substituents is 1. The van der Waals surface area contributed by atoms with E-state index in [-0.39, 0.29) is 22.8 Å². The summed E-state index contributed by atoms with van der Waals surface area (Å²) in [6.45, 7) is 1.90. The monoisotopic (exact) mass is 324 g/mol. The van der Waals surface area contributed by atoms with Crippen LogP contribution >= 0.6 is 0 Å². The van der Waals surface area contributed by atoms with Crippen LogP contribution in [0.5, 0.6) is 5.88 Å². The number of hydrogen-bond acceptors (Lipinski definition) is 5. The molecule has 3 rings (SSSR count). The number of carbonyl (C=O) groups excluding carboxylic acids is 1. The molecular formula is C16H12N4O4. The minimum absolute atomic E-state index is 0.117. The molecule has 0 fully saturated rings. The minimum atomic E-state index is -0.661. The van der Waals surface area contributed by atoms with Crippen LogP contribution in [-0.4, -0.2) is 20.9 Å². The highest BCUT2D eigenvalue weighted by Crippen LogP contribution is 2.36. The summed E-state index contributed by atoms with van der Waals surface area (Å²) < 4.78 is 0. The normalized spacial score (nSPS) is 11.2. The molecule has 1 aromatic heterocycles. The van der Waals surface area contributed by atoms with Crippen LogP contribution in [0.2, 0.25) is 0 Å². The Morgan fingerprint density at radius 1 is 1.21 bits per heavy atom. The molecule has 0 radical (unpaired) electrons. The number of aromatic amines is 1. The van der Waals surface area contributed by atoms with Gasteiger partial charge >= 0.3 is 0 Å². The Bertz CT molecular complexity index is 974. The Hall–Kier alpha value is -3.55. The van der Waals surface area contributed by atoms with Gasteiger partial charge in [-0.2, -0.15) is 0 Å². The van der Waals surface area contributed by atoms with Crippen molar-refractivity contribution in [3.05, 3.63) is 63.7 Å². The number of H-pyrrole nitrogens is 1. The van der Waals surface area contributed by atoms with Gasteiger partial charge in [0, 0.05) is 23.1 Å². The molecular weight excluding hydrogens is 312 g/mol. The van der Waals surface area contributed by atoms with E-state index >= 15 is 0 Å². The van der Waals surface area contributed by atoms with Crippen molar-refractivity contribution < 1.29 is 14.8 Å². The van der Waals surface area contributed by atoms with Gasteiger partial charge in [0.1, 0.15) is 0 Å². The third-order valence-corrected chi connectivity index (χ3v) is 3.47. The summed E-state index contributed by atoms with van der Waals surface area (Å²) in [6, 6.07) is 10.5. The van der Waals surface area contributed by atoms with Gasteiger partial charge in [-0.1, -0.05) is 11.6 Å². The number of aromatic hydroxyl groups is 1. The number of nitro benzene ring substituents is 1. The fraction of sp³-hybridized carbons (Fsp3) is 0.0625. The zero-order chi connectivity index (χ0) is 17.3. The van der Waals surface area contributed by atoms with Crippen molar-refractivity contribution in [3.63, 3.8) is 0 Å². The topological polar surface area (TPSA) is 121 Å². The molecule has 2 aromatic carbocycles. The van der Waals surface area contributed by atoms with Crippen LogP contribution in [0.4, 0.5) is 11.4 Å². The summed E-state index contributed by atoms with van der Waals surface area (Å²) in [5.41, 5.74) is 1.87. The molecule has 0 unspecified atom stereocenters. The van der Waals surface area contributed by atoms with Crippen LogP contribution in [0, 0.1) is 17.0 Å². The number of nitro groups is 1. The van der Waals surface area contributed by atoms with E-state index < -0.39 is 10.8 Å². The second kappa shape index (κ2) is 5.92. The molecule has 1 heterocycles. The fourth-order valence-electron chi connectivity index (χ4n) is 2.26. The van der Waals surface area contributed by atoms with Crippen LogP contribution in [0.15, 0.2) is 52.7 Å². The van der Waals surface area contributed by atoms with Gasteiger partial charge in [-0.3, -0.25) is 14.9 Å². The van der Waals surface area contributed by atoms with Gasteiger partial charge in [-0.15, -0.1) is 10.2 Å². The number of nitrogens with zero attached hydrogens (tertiary/aromatic N) is 3. The summed E-state index contributed by atoms with van der Waals surface area (Å²) >= 11 is 0. The highest BCUT2D eigenvalue weighted by Gasteiger charge is 2.12. The maximum Gasteiger partial charge on any atom is 0.295 e. The van der Waals surface area contributed by atoms with Crippen LogP contribution in [-0.2, 0) is 0 Å². The Kier molecular flexibility index (Phi) is 3.78. The van der Waals surface area contributed by atoms with E-state index in [1.165, 1.54) is 24.3 Å². The number of rotatable bonds is 3. The van der Waals surface area contributed by atoms with Gasteiger partial charge < -0.3 is 10.1 Å². The van der Waals surface area contributed by atoms with Crippen LogP contribution in [0.25, 0.3) is 10.9 Å². The van der Waals surface area contributed by atoms with E-state index in [4.69, 9.17) is 0 Å². The van der Waals surface area contributed by atoms with Crippen molar-refractivity contribution in [2.24, 2.45) is 10.2 Å². The first-order valence-electron chi connectivity index (χ1n) is 6.97. The van der Waals surface area contributed by atoms with Gasteiger partial charge in [0.15, 0.2) is 5.69 Å². The highest BCUT2D eigenvalue weighted by molar-refractivity contribution is 5.97. The Labute approximate surface area is 135 Å². The molecule has 0 spiro atoms. The molecule has 0 aliphatic heterocycles. The molecule has 0 bridgehead atoms. The maximum atomic E-state index is 12.0. The van der Waals surface area contributed by atoms with Crippen molar-refractivity contribution >= 4 is 28.2 Å². The van der Waals surface area contributed by atoms with Crippen molar-refractivity contribution in [1.29, 1.82) is 0 Å². The largest absolute Gasteiger partial charge is 0.493 e. The predicted octanol–water partition coefficient (Wildman–Crippen LogP) is 4.01. The molecule has 24 heavy (non-hydrogen) atoms. The van der Waals surface area contributed by atoms with Gasteiger partial charge in [-0.25, -0.2) is 0 Å². The standard InChI is InChI=1S/C16H12N4O4/c1-9-2-7-13-12(8-9)14(16(22)17-13)18-19-15(21)10-3-5-11(6-4-10)20(23)24/h2-8,17,22H,1H3. The van der Waals surface area contributed by atoms with E-state index in [1.807, 2.05) is 19.1 Å². The number of benzene rings is 2. The molecule has 8 heteroatoms. The molecule has 0 saturated heterocycles. The van der Waals surface area contributed by atoms with Crippen LogP contribution < -0.4 is 0 Å². The van der Waals surface area contributed by atoms with E-state index in [2.05, 4.69) is 15.2 Å². The van der Waals surface area contributed by atoms with Crippen molar-refractivity contribution in [2.75, 3.05) is 0 Å². The molecule has 8 nitrogen and oxygen atoms in total. The summed E-state index contributed by atoms with van der Waals surface area (Å²) in [4.78, 5) is 24.8. The number of nitrogens with one attached hydrogen (secondary N) is 1. The molecule has 1 amide bonds. The number of aryl methyl sites for hydroxylation is 1. The number of aromatic nitrogens is 1.